The highest BCUT2D eigenvalue weighted by molar-refractivity contribution is 6.29. The second-order valence-electron chi connectivity index (χ2n) is 3.76. The lowest BCUT2D eigenvalue weighted by atomic mass is 10.00. The van der Waals surface area contributed by atoms with Gasteiger partial charge in [0.15, 0.2) is 5.65 Å². The molecule has 0 aliphatic carbocycles. The molecule has 0 radical (unpaired) electrons. The highest BCUT2D eigenvalue weighted by Gasteiger charge is 2.19. The Bertz CT molecular complexity index is 562. The third kappa shape index (κ3) is 1.63. The first-order chi connectivity index (χ1) is 7.50. The third-order valence-electron chi connectivity index (χ3n) is 2.31. The zero-order valence-electron chi connectivity index (χ0n) is 8.81. The van der Waals surface area contributed by atoms with Crippen LogP contribution in [0.4, 0.5) is 0 Å². The van der Waals surface area contributed by atoms with Crippen molar-refractivity contribution in [1.82, 2.24) is 14.6 Å². The summed E-state index contributed by atoms with van der Waals surface area (Å²) in [6.45, 7) is 3.81. The van der Waals surface area contributed by atoms with Gasteiger partial charge in [0.05, 0.1) is 18.0 Å². The fourth-order valence-corrected chi connectivity index (χ4v) is 1.84. The number of fused-ring (bicyclic) bond motifs is 1. The summed E-state index contributed by atoms with van der Waals surface area (Å²) >= 11 is 5.77. The van der Waals surface area contributed by atoms with Crippen molar-refractivity contribution in [3.63, 3.8) is 0 Å². The van der Waals surface area contributed by atoms with E-state index in [0.717, 1.165) is 0 Å². The van der Waals surface area contributed by atoms with Crippen LogP contribution in [0.15, 0.2) is 12.4 Å². The van der Waals surface area contributed by atoms with E-state index in [1.54, 1.807) is 6.20 Å². The Hall–Kier alpha value is -1.62. The Morgan fingerprint density at radius 2 is 2.25 bits per heavy atom. The predicted molar refractivity (Wildman–Crippen MR) is 59.0 cm³/mol. The molecule has 0 amide bonds. The fourth-order valence-electron chi connectivity index (χ4n) is 1.66. The Labute approximate surface area is 96.7 Å². The minimum Gasteiger partial charge on any atom is -0.478 e. The Balaban J connectivity index is 2.83. The van der Waals surface area contributed by atoms with Gasteiger partial charge < -0.3 is 5.11 Å². The highest BCUT2D eigenvalue weighted by Crippen LogP contribution is 2.24. The lowest BCUT2D eigenvalue weighted by Gasteiger charge is -2.09. The van der Waals surface area contributed by atoms with Gasteiger partial charge in [0.1, 0.15) is 5.15 Å². The van der Waals surface area contributed by atoms with Gasteiger partial charge in [-0.25, -0.2) is 14.3 Å². The van der Waals surface area contributed by atoms with E-state index in [-0.39, 0.29) is 11.5 Å². The number of carboxylic acids is 1. The monoisotopic (exact) mass is 239 g/mol. The second kappa shape index (κ2) is 3.75. The van der Waals surface area contributed by atoms with Gasteiger partial charge in [-0.1, -0.05) is 25.4 Å². The Morgan fingerprint density at radius 1 is 1.56 bits per heavy atom. The van der Waals surface area contributed by atoms with Crippen LogP contribution in [0.2, 0.25) is 5.15 Å². The standard InChI is InChI=1S/C10H10ClN3O2/c1-5(2)8-6(10(15)16)3-12-14-4-7(11)13-9(8)14/h3-5H,1-2H3,(H,15,16). The SMILES string of the molecule is CC(C)c1c(C(=O)O)cnn2cc(Cl)nc12. The van der Waals surface area contributed by atoms with E-state index in [4.69, 9.17) is 16.7 Å². The number of aromatic nitrogens is 3. The Morgan fingerprint density at radius 3 is 2.81 bits per heavy atom. The molecule has 0 atom stereocenters. The summed E-state index contributed by atoms with van der Waals surface area (Å²) in [7, 11) is 0. The molecule has 16 heavy (non-hydrogen) atoms. The summed E-state index contributed by atoms with van der Waals surface area (Å²) in [5, 5.41) is 13.3. The van der Waals surface area contributed by atoms with Gasteiger partial charge in [0, 0.05) is 5.56 Å². The van der Waals surface area contributed by atoms with E-state index in [0.29, 0.717) is 16.4 Å². The van der Waals surface area contributed by atoms with Crippen LogP contribution >= 0.6 is 11.6 Å². The van der Waals surface area contributed by atoms with Crippen molar-refractivity contribution in [2.75, 3.05) is 0 Å². The van der Waals surface area contributed by atoms with Crippen LogP contribution in [-0.2, 0) is 0 Å². The first-order valence-corrected chi connectivity index (χ1v) is 5.15. The molecule has 0 aromatic carbocycles. The minimum absolute atomic E-state index is 0.0371. The first kappa shape index (κ1) is 10.9. The number of nitrogens with zero attached hydrogens (tertiary/aromatic N) is 3. The van der Waals surface area contributed by atoms with Gasteiger partial charge in [-0.15, -0.1) is 0 Å². The van der Waals surface area contributed by atoms with E-state index in [9.17, 15) is 4.79 Å². The molecule has 2 heterocycles. The van der Waals surface area contributed by atoms with Crippen molar-refractivity contribution >= 4 is 23.2 Å². The van der Waals surface area contributed by atoms with E-state index >= 15 is 0 Å². The van der Waals surface area contributed by atoms with Crippen molar-refractivity contribution in [2.45, 2.75) is 19.8 Å². The zero-order valence-corrected chi connectivity index (χ0v) is 9.56. The molecule has 0 saturated carbocycles. The molecule has 2 aromatic rings. The summed E-state index contributed by atoms with van der Waals surface area (Å²) in [4.78, 5) is 15.1. The molecule has 6 heteroatoms. The highest BCUT2D eigenvalue weighted by atomic mass is 35.5. The molecule has 2 rings (SSSR count). The van der Waals surface area contributed by atoms with Gasteiger partial charge in [-0.2, -0.15) is 5.10 Å². The van der Waals surface area contributed by atoms with Crippen molar-refractivity contribution in [2.24, 2.45) is 0 Å². The molecule has 0 unspecified atom stereocenters. The van der Waals surface area contributed by atoms with E-state index < -0.39 is 5.97 Å². The minimum atomic E-state index is -1.00. The summed E-state index contributed by atoms with van der Waals surface area (Å²) in [5.74, 6) is -0.965. The summed E-state index contributed by atoms with van der Waals surface area (Å²) < 4.78 is 1.49. The molecule has 0 fully saturated rings. The van der Waals surface area contributed by atoms with Crippen LogP contribution in [0.1, 0.15) is 35.7 Å². The number of hydrogen-bond donors (Lipinski definition) is 1. The summed E-state index contributed by atoms with van der Waals surface area (Å²) in [6.07, 6.45) is 2.87. The van der Waals surface area contributed by atoms with Gasteiger partial charge in [-0.3, -0.25) is 0 Å². The van der Waals surface area contributed by atoms with Gasteiger partial charge in [0.25, 0.3) is 0 Å². The van der Waals surface area contributed by atoms with Crippen LogP contribution in [0.5, 0.6) is 0 Å². The predicted octanol–water partition coefficient (Wildman–Crippen LogP) is 2.20. The van der Waals surface area contributed by atoms with Crippen LogP contribution < -0.4 is 0 Å². The lowest BCUT2D eigenvalue weighted by molar-refractivity contribution is 0.0694. The number of rotatable bonds is 2. The molecular formula is C10H10ClN3O2. The molecule has 0 spiro atoms. The summed E-state index contributed by atoms with van der Waals surface area (Å²) in [5.41, 5.74) is 1.32. The molecule has 2 aromatic heterocycles. The number of carboxylic acid groups (broad SMARTS) is 1. The lowest BCUT2D eigenvalue weighted by Crippen LogP contribution is -2.08. The van der Waals surface area contributed by atoms with Crippen LogP contribution in [0, 0.1) is 0 Å². The molecule has 0 saturated heterocycles. The third-order valence-corrected chi connectivity index (χ3v) is 2.49. The molecule has 0 aliphatic heterocycles. The number of aromatic carboxylic acids is 1. The maximum atomic E-state index is 11.1. The van der Waals surface area contributed by atoms with Crippen LogP contribution in [0.25, 0.3) is 5.65 Å². The number of halogens is 1. The van der Waals surface area contributed by atoms with E-state index in [1.807, 2.05) is 13.8 Å². The van der Waals surface area contributed by atoms with Crippen molar-refractivity contribution < 1.29 is 9.90 Å². The Kier molecular flexibility index (Phi) is 2.55. The number of imidazole rings is 1. The largest absolute Gasteiger partial charge is 0.478 e. The maximum Gasteiger partial charge on any atom is 0.337 e. The van der Waals surface area contributed by atoms with E-state index in [2.05, 4.69) is 10.1 Å². The molecule has 0 aliphatic rings. The first-order valence-electron chi connectivity index (χ1n) is 4.77. The van der Waals surface area contributed by atoms with Gasteiger partial charge >= 0.3 is 5.97 Å². The average molecular weight is 240 g/mol. The molecule has 84 valence electrons. The fraction of sp³-hybridized carbons (Fsp3) is 0.300. The van der Waals surface area contributed by atoms with Crippen molar-refractivity contribution in [3.8, 4) is 0 Å². The number of hydrogen-bond acceptors (Lipinski definition) is 3. The van der Waals surface area contributed by atoms with E-state index in [1.165, 1.54) is 10.7 Å². The topological polar surface area (TPSA) is 67.5 Å². The molecule has 5 nitrogen and oxygen atoms in total. The zero-order chi connectivity index (χ0) is 11.9. The maximum absolute atomic E-state index is 11.1. The molecular weight excluding hydrogens is 230 g/mol. The smallest absolute Gasteiger partial charge is 0.337 e. The second-order valence-corrected chi connectivity index (χ2v) is 4.15. The average Bonchev–Trinajstić information content (AvgIpc) is 2.55. The van der Waals surface area contributed by atoms with Crippen molar-refractivity contribution in [3.05, 3.63) is 28.7 Å². The molecule has 0 bridgehead atoms. The normalized spacial score (nSPS) is 11.2. The summed E-state index contributed by atoms with van der Waals surface area (Å²) in [6, 6.07) is 0. The van der Waals surface area contributed by atoms with Crippen LogP contribution in [0.3, 0.4) is 0 Å². The van der Waals surface area contributed by atoms with Gasteiger partial charge in [0.2, 0.25) is 0 Å². The van der Waals surface area contributed by atoms with Crippen molar-refractivity contribution in [1.29, 1.82) is 0 Å². The number of carbonyl (C=O) groups is 1. The molecule has 1 N–H and O–H groups in total. The van der Waals surface area contributed by atoms with Gasteiger partial charge in [-0.05, 0) is 5.92 Å². The van der Waals surface area contributed by atoms with Crippen LogP contribution in [-0.4, -0.2) is 25.7 Å². The quantitative estimate of drug-likeness (QED) is 0.873.